The second-order valence-corrected chi connectivity index (χ2v) is 8.49. The van der Waals surface area contributed by atoms with Gasteiger partial charge in [0.1, 0.15) is 0 Å². The van der Waals surface area contributed by atoms with Crippen LogP contribution in [0.4, 0.5) is 17.1 Å². The molecule has 0 atom stereocenters. The second kappa shape index (κ2) is 10.8. The lowest BCUT2D eigenvalue weighted by atomic mass is 10.2. The lowest BCUT2D eigenvalue weighted by Gasteiger charge is -2.23. The van der Waals surface area contributed by atoms with Gasteiger partial charge in [0, 0.05) is 23.6 Å². The molecule has 0 spiro atoms. The first-order valence-corrected chi connectivity index (χ1v) is 11.9. The Kier molecular flexibility index (Phi) is 7.42. The molecule has 6 nitrogen and oxygen atoms in total. The summed E-state index contributed by atoms with van der Waals surface area (Å²) in [6, 6.07) is 27.7. The van der Waals surface area contributed by atoms with Gasteiger partial charge in [0.15, 0.2) is 11.0 Å². The summed E-state index contributed by atoms with van der Waals surface area (Å²) in [5, 5.41) is 12.9. The highest BCUT2D eigenvalue weighted by molar-refractivity contribution is 7.99. The molecule has 4 aromatic rings. The Morgan fingerprint density at radius 3 is 2.09 bits per heavy atom. The smallest absolute Gasteiger partial charge is 0.242 e. The van der Waals surface area contributed by atoms with Crippen molar-refractivity contribution in [1.82, 2.24) is 14.8 Å². The molecule has 0 radical (unpaired) electrons. The van der Waals surface area contributed by atoms with E-state index >= 15 is 0 Å². The zero-order valence-corrected chi connectivity index (χ0v) is 19.6. The molecule has 33 heavy (non-hydrogen) atoms. The van der Waals surface area contributed by atoms with Crippen molar-refractivity contribution >= 4 is 34.7 Å². The number of thioether (sulfide) groups is 1. The van der Waals surface area contributed by atoms with Gasteiger partial charge in [0.25, 0.3) is 0 Å². The van der Waals surface area contributed by atoms with Gasteiger partial charge >= 0.3 is 0 Å². The number of benzene rings is 3. The van der Waals surface area contributed by atoms with E-state index < -0.39 is 0 Å². The van der Waals surface area contributed by atoms with E-state index in [0.29, 0.717) is 6.54 Å². The largest absolute Gasteiger partial charge is 0.378 e. The van der Waals surface area contributed by atoms with Crippen LogP contribution in [0.5, 0.6) is 0 Å². The first-order chi connectivity index (χ1) is 16.2. The van der Waals surface area contributed by atoms with Gasteiger partial charge < -0.3 is 9.88 Å². The van der Waals surface area contributed by atoms with E-state index in [1.165, 1.54) is 17.3 Å². The molecule has 0 aliphatic carbocycles. The van der Waals surface area contributed by atoms with Gasteiger partial charge in [-0.15, -0.1) is 10.2 Å². The normalized spacial score (nSPS) is 10.7. The monoisotopic (exact) mass is 457 g/mol. The summed E-state index contributed by atoms with van der Waals surface area (Å²) in [6.07, 6.45) is 0. The summed E-state index contributed by atoms with van der Waals surface area (Å²) < 4.78 is 2.05. The number of carbonyl (C=O) groups excluding carboxylic acids is 1. The minimum atomic E-state index is -0.0117. The molecule has 4 rings (SSSR count). The van der Waals surface area contributed by atoms with E-state index in [-0.39, 0.29) is 11.7 Å². The van der Waals surface area contributed by atoms with Gasteiger partial charge in [-0.2, -0.15) is 0 Å². The number of nitrogens with one attached hydrogen (secondary N) is 1. The van der Waals surface area contributed by atoms with Crippen molar-refractivity contribution in [2.75, 3.05) is 16.0 Å². The lowest BCUT2D eigenvalue weighted by molar-refractivity contribution is -0.115. The van der Waals surface area contributed by atoms with E-state index in [2.05, 4.69) is 58.2 Å². The number of carbonyl (C=O) groups is 1. The van der Waals surface area contributed by atoms with Crippen molar-refractivity contribution < 1.29 is 4.79 Å². The van der Waals surface area contributed by atoms with E-state index in [9.17, 15) is 4.79 Å². The third-order valence-corrected chi connectivity index (χ3v) is 6.17. The number of aromatic nitrogens is 3. The molecule has 3 aromatic carbocycles. The number of hydrogen-bond acceptors (Lipinski definition) is 5. The molecular formula is C26H27N5OS. The summed E-state index contributed by atoms with van der Waals surface area (Å²) in [7, 11) is 0. The van der Waals surface area contributed by atoms with E-state index in [1.54, 1.807) is 4.90 Å². The average Bonchev–Trinajstić information content (AvgIpc) is 3.25. The Balaban J connectivity index is 1.46. The second-order valence-electron chi connectivity index (χ2n) is 7.55. The SMILES string of the molecule is CCn1c(CNc2ccc(C)cc2)nnc1SCC(=O)N(c1ccccc1)c1ccccc1. The van der Waals surface area contributed by atoms with Crippen LogP contribution in [-0.4, -0.2) is 26.4 Å². The fourth-order valence-corrected chi connectivity index (χ4v) is 4.38. The van der Waals surface area contributed by atoms with Crippen molar-refractivity contribution in [2.24, 2.45) is 0 Å². The Labute approximate surface area is 198 Å². The summed E-state index contributed by atoms with van der Waals surface area (Å²) in [5.41, 5.74) is 3.95. The highest BCUT2D eigenvalue weighted by Crippen LogP contribution is 2.27. The Morgan fingerprint density at radius 2 is 1.52 bits per heavy atom. The average molecular weight is 458 g/mol. The molecular weight excluding hydrogens is 430 g/mol. The summed E-state index contributed by atoms with van der Waals surface area (Å²) in [4.78, 5) is 15.0. The van der Waals surface area contributed by atoms with E-state index in [0.717, 1.165) is 34.6 Å². The zero-order chi connectivity index (χ0) is 23.0. The number of aryl methyl sites for hydroxylation is 1. The van der Waals surface area contributed by atoms with Gasteiger partial charge in [-0.25, -0.2) is 0 Å². The predicted molar refractivity (Wildman–Crippen MR) is 135 cm³/mol. The maximum absolute atomic E-state index is 13.3. The Morgan fingerprint density at radius 1 is 0.909 bits per heavy atom. The molecule has 168 valence electrons. The number of anilines is 3. The topological polar surface area (TPSA) is 63.1 Å². The minimum Gasteiger partial charge on any atom is -0.378 e. The number of rotatable bonds is 9. The fourth-order valence-electron chi connectivity index (χ4n) is 3.51. The zero-order valence-electron chi connectivity index (χ0n) is 18.8. The van der Waals surface area contributed by atoms with Crippen LogP contribution in [0.3, 0.4) is 0 Å². The Bertz CT molecular complexity index is 1140. The first-order valence-electron chi connectivity index (χ1n) is 10.9. The fraction of sp³-hybridized carbons (Fsp3) is 0.192. The molecule has 1 N–H and O–H groups in total. The number of para-hydroxylation sites is 2. The van der Waals surface area contributed by atoms with Gasteiger partial charge in [-0.1, -0.05) is 65.9 Å². The van der Waals surface area contributed by atoms with Gasteiger partial charge in [0.05, 0.1) is 12.3 Å². The quantitative estimate of drug-likeness (QED) is 0.328. The van der Waals surface area contributed by atoms with Crippen molar-refractivity contribution in [1.29, 1.82) is 0 Å². The van der Waals surface area contributed by atoms with Crippen molar-refractivity contribution in [2.45, 2.75) is 32.1 Å². The summed E-state index contributed by atoms with van der Waals surface area (Å²) >= 11 is 1.41. The molecule has 0 fully saturated rings. The Hall–Kier alpha value is -3.58. The van der Waals surface area contributed by atoms with Crippen LogP contribution in [-0.2, 0) is 17.9 Å². The highest BCUT2D eigenvalue weighted by atomic mass is 32.2. The number of hydrogen-bond donors (Lipinski definition) is 1. The standard InChI is InChI=1S/C26H27N5OS/c1-3-30-24(18-27-21-16-14-20(2)15-17-21)28-29-26(30)33-19-25(32)31(22-10-6-4-7-11-22)23-12-8-5-9-13-23/h4-17,27H,3,18-19H2,1-2H3. The van der Waals surface area contributed by atoms with Crippen LogP contribution in [0.25, 0.3) is 0 Å². The van der Waals surface area contributed by atoms with Gasteiger partial charge in [0.2, 0.25) is 5.91 Å². The maximum Gasteiger partial charge on any atom is 0.242 e. The first kappa shape index (κ1) is 22.6. The molecule has 0 aliphatic rings. The molecule has 0 bridgehead atoms. The number of amides is 1. The molecule has 1 aromatic heterocycles. The third kappa shape index (κ3) is 5.62. The van der Waals surface area contributed by atoms with Crippen LogP contribution in [0.15, 0.2) is 90.1 Å². The van der Waals surface area contributed by atoms with Gasteiger partial charge in [-0.3, -0.25) is 9.69 Å². The minimum absolute atomic E-state index is 0.0117. The molecule has 7 heteroatoms. The lowest BCUT2D eigenvalue weighted by Crippen LogP contribution is -2.27. The van der Waals surface area contributed by atoms with Crippen molar-refractivity contribution in [3.63, 3.8) is 0 Å². The molecule has 0 unspecified atom stereocenters. The predicted octanol–water partition coefficient (Wildman–Crippen LogP) is 5.68. The van der Waals surface area contributed by atoms with Crippen LogP contribution >= 0.6 is 11.8 Å². The van der Waals surface area contributed by atoms with Crippen molar-refractivity contribution in [3.8, 4) is 0 Å². The molecule has 0 saturated carbocycles. The molecule has 1 heterocycles. The van der Waals surface area contributed by atoms with Crippen LogP contribution in [0.2, 0.25) is 0 Å². The van der Waals surface area contributed by atoms with Gasteiger partial charge in [-0.05, 0) is 50.2 Å². The maximum atomic E-state index is 13.3. The van der Waals surface area contributed by atoms with Crippen LogP contribution in [0, 0.1) is 6.92 Å². The summed E-state index contributed by atoms with van der Waals surface area (Å²) in [5.74, 6) is 1.09. The molecule has 0 aliphatic heterocycles. The van der Waals surface area contributed by atoms with Crippen molar-refractivity contribution in [3.05, 3.63) is 96.3 Å². The van der Waals surface area contributed by atoms with Crippen LogP contribution < -0.4 is 10.2 Å². The molecule has 1 amide bonds. The van der Waals surface area contributed by atoms with E-state index in [1.807, 2.05) is 60.7 Å². The van der Waals surface area contributed by atoms with Crippen LogP contribution in [0.1, 0.15) is 18.3 Å². The highest BCUT2D eigenvalue weighted by Gasteiger charge is 2.20. The molecule has 0 saturated heterocycles. The summed E-state index contributed by atoms with van der Waals surface area (Å²) in [6.45, 7) is 5.43. The third-order valence-electron chi connectivity index (χ3n) is 5.21. The van der Waals surface area contributed by atoms with E-state index in [4.69, 9.17) is 0 Å². The number of nitrogens with zero attached hydrogens (tertiary/aromatic N) is 4.